The van der Waals surface area contributed by atoms with Crippen molar-refractivity contribution in [2.45, 2.75) is 19.3 Å². The standard InChI is InChI=1S/C14H20BrNO3/c1-16(14(18)4-3-9-17)8-7-11-10-12(15)5-6-13(11)19-2/h5-6,10,17H,3-4,7-9H2,1-2H3. The van der Waals surface area contributed by atoms with Crippen molar-refractivity contribution in [1.29, 1.82) is 0 Å². The van der Waals surface area contributed by atoms with E-state index < -0.39 is 0 Å². The topological polar surface area (TPSA) is 49.8 Å². The molecule has 0 aliphatic carbocycles. The average molecular weight is 330 g/mol. The van der Waals surface area contributed by atoms with Crippen LogP contribution < -0.4 is 4.74 Å². The third-order valence-corrected chi connectivity index (χ3v) is 3.43. The second kappa shape index (κ2) is 8.17. The minimum Gasteiger partial charge on any atom is -0.496 e. The Balaban J connectivity index is 2.56. The fourth-order valence-corrected chi connectivity index (χ4v) is 2.19. The Bertz CT molecular complexity index is 423. The van der Waals surface area contributed by atoms with Gasteiger partial charge in [-0.3, -0.25) is 4.79 Å². The van der Waals surface area contributed by atoms with Crippen molar-refractivity contribution in [3.8, 4) is 5.75 Å². The number of carbonyl (C=O) groups is 1. The Morgan fingerprint density at radius 3 is 2.84 bits per heavy atom. The van der Waals surface area contributed by atoms with Crippen LogP contribution in [-0.4, -0.2) is 43.2 Å². The third kappa shape index (κ3) is 5.20. The van der Waals surface area contributed by atoms with Crippen LogP contribution in [0, 0.1) is 0 Å². The minimum atomic E-state index is 0.0546. The molecule has 4 nitrogen and oxygen atoms in total. The number of halogens is 1. The highest BCUT2D eigenvalue weighted by molar-refractivity contribution is 9.10. The summed E-state index contributed by atoms with van der Waals surface area (Å²) >= 11 is 3.43. The summed E-state index contributed by atoms with van der Waals surface area (Å²) < 4.78 is 6.30. The Hall–Kier alpha value is -1.07. The number of methoxy groups -OCH3 is 1. The Morgan fingerprint density at radius 2 is 2.21 bits per heavy atom. The highest BCUT2D eigenvalue weighted by Gasteiger charge is 2.10. The van der Waals surface area contributed by atoms with Gasteiger partial charge < -0.3 is 14.7 Å². The molecule has 0 saturated carbocycles. The lowest BCUT2D eigenvalue weighted by molar-refractivity contribution is -0.130. The highest BCUT2D eigenvalue weighted by atomic mass is 79.9. The maximum Gasteiger partial charge on any atom is 0.222 e. The number of hydrogen-bond donors (Lipinski definition) is 1. The monoisotopic (exact) mass is 329 g/mol. The van der Waals surface area contributed by atoms with E-state index in [1.807, 2.05) is 18.2 Å². The number of benzene rings is 1. The van der Waals surface area contributed by atoms with Crippen molar-refractivity contribution in [3.63, 3.8) is 0 Å². The van der Waals surface area contributed by atoms with Crippen LogP contribution in [0.4, 0.5) is 0 Å². The van der Waals surface area contributed by atoms with Gasteiger partial charge in [-0.15, -0.1) is 0 Å². The van der Waals surface area contributed by atoms with Gasteiger partial charge in [0.25, 0.3) is 0 Å². The molecule has 0 spiro atoms. The molecule has 0 saturated heterocycles. The van der Waals surface area contributed by atoms with Gasteiger partial charge in [-0.2, -0.15) is 0 Å². The molecule has 0 unspecified atom stereocenters. The first-order chi connectivity index (χ1) is 9.08. The quantitative estimate of drug-likeness (QED) is 0.834. The van der Waals surface area contributed by atoms with E-state index in [1.54, 1.807) is 19.1 Å². The van der Waals surface area contributed by atoms with Crippen molar-refractivity contribution < 1.29 is 14.6 Å². The number of rotatable bonds is 7. The van der Waals surface area contributed by atoms with Gasteiger partial charge in [-0.1, -0.05) is 15.9 Å². The Labute approximate surface area is 122 Å². The van der Waals surface area contributed by atoms with Crippen LogP contribution in [0.15, 0.2) is 22.7 Å². The van der Waals surface area contributed by atoms with E-state index in [0.717, 1.165) is 22.2 Å². The molecule has 0 aliphatic heterocycles. The second-order valence-corrected chi connectivity index (χ2v) is 5.26. The van der Waals surface area contributed by atoms with Crippen molar-refractivity contribution in [1.82, 2.24) is 4.90 Å². The maximum atomic E-state index is 11.7. The number of carbonyl (C=O) groups excluding carboxylic acids is 1. The van der Waals surface area contributed by atoms with E-state index >= 15 is 0 Å². The van der Waals surface area contributed by atoms with Gasteiger partial charge in [-0.05, 0) is 36.6 Å². The van der Waals surface area contributed by atoms with Gasteiger partial charge in [-0.25, -0.2) is 0 Å². The van der Waals surface area contributed by atoms with E-state index in [9.17, 15) is 4.79 Å². The van der Waals surface area contributed by atoms with Gasteiger partial charge in [0.1, 0.15) is 5.75 Å². The number of aliphatic hydroxyl groups excluding tert-OH is 1. The fraction of sp³-hybridized carbons (Fsp3) is 0.500. The normalized spacial score (nSPS) is 10.3. The molecule has 0 radical (unpaired) electrons. The summed E-state index contributed by atoms with van der Waals surface area (Å²) in [5, 5.41) is 8.71. The van der Waals surface area contributed by atoms with Gasteiger partial charge in [0.15, 0.2) is 0 Å². The first-order valence-corrected chi connectivity index (χ1v) is 7.05. The lowest BCUT2D eigenvalue weighted by Crippen LogP contribution is -2.28. The molecule has 1 amide bonds. The zero-order valence-electron chi connectivity index (χ0n) is 11.4. The molecule has 106 valence electrons. The molecule has 19 heavy (non-hydrogen) atoms. The van der Waals surface area contributed by atoms with Crippen molar-refractivity contribution in [2.75, 3.05) is 27.3 Å². The predicted octanol–water partition coefficient (Wildman–Crippen LogP) is 2.23. The lowest BCUT2D eigenvalue weighted by atomic mass is 10.1. The average Bonchev–Trinajstić information content (AvgIpc) is 2.42. The molecule has 1 N–H and O–H groups in total. The molecule has 1 rings (SSSR count). The summed E-state index contributed by atoms with van der Waals surface area (Å²) in [7, 11) is 3.42. The van der Waals surface area contributed by atoms with E-state index in [0.29, 0.717) is 19.4 Å². The molecule has 1 aromatic carbocycles. The zero-order valence-corrected chi connectivity index (χ0v) is 12.9. The van der Waals surface area contributed by atoms with Gasteiger partial charge in [0, 0.05) is 31.1 Å². The van der Waals surface area contributed by atoms with E-state index in [-0.39, 0.29) is 12.5 Å². The van der Waals surface area contributed by atoms with Gasteiger partial charge in [0.05, 0.1) is 7.11 Å². The second-order valence-electron chi connectivity index (χ2n) is 4.35. The predicted molar refractivity (Wildman–Crippen MR) is 78.4 cm³/mol. The molecule has 0 aromatic heterocycles. The zero-order chi connectivity index (χ0) is 14.3. The molecule has 1 aromatic rings. The fourth-order valence-electron chi connectivity index (χ4n) is 1.78. The van der Waals surface area contributed by atoms with Crippen molar-refractivity contribution >= 4 is 21.8 Å². The first kappa shape index (κ1) is 16.0. The molecular formula is C14H20BrNO3. The number of aliphatic hydroxyl groups is 1. The van der Waals surface area contributed by atoms with Gasteiger partial charge >= 0.3 is 0 Å². The van der Waals surface area contributed by atoms with Crippen LogP contribution in [0.3, 0.4) is 0 Å². The third-order valence-electron chi connectivity index (χ3n) is 2.93. The summed E-state index contributed by atoms with van der Waals surface area (Å²) in [6, 6.07) is 5.84. The van der Waals surface area contributed by atoms with Crippen LogP contribution in [0.5, 0.6) is 5.75 Å². The SMILES string of the molecule is COc1ccc(Br)cc1CCN(C)C(=O)CCCO. The van der Waals surface area contributed by atoms with Crippen LogP contribution in [-0.2, 0) is 11.2 Å². The summed E-state index contributed by atoms with van der Waals surface area (Å²) in [5.41, 5.74) is 1.07. The van der Waals surface area contributed by atoms with E-state index in [2.05, 4.69) is 15.9 Å². The van der Waals surface area contributed by atoms with Crippen molar-refractivity contribution in [2.24, 2.45) is 0 Å². The number of likely N-dealkylation sites (N-methyl/N-ethyl adjacent to an activating group) is 1. The van der Waals surface area contributed by atoms with Crippen LogP contribution in [0.2, 0.25) is 0 Å². The number of amides is 1. The molecule has 0 atom stereocenters. The number of ether oxygens (including phenoxy) is 1. The minimum absolute atomic E-state index is 0.0546. The largest absolute Gasteiger partial charge is 0.496 e. The Kier molecular flexibility index (Phi) is 6.87. The maximum absolute atomic E-state index is 11.7. The van der Waals surface area contributed by atoms with E-state index in [1.165, 1.54) is 0 Å². The number of hydrogen-bond acceptors (Lipinski definition) is 3. The van der Waals surface area contributed by atoms with E-state index in [4.69, 9.17) is 9.84 Å². The van der Waals surface area contributed by atoms with Gasteiger partial charge in [0.2, 0.25) is 5.91 Å². The highest BCUT2D eigenvalue weighted by Crippen LogP contribution is 2.23. The molecular weight excluding hydrogens is 310 g/mol. The summed E-state index contributed by atoms with van der Waals surface area (Å²) in [5.74, 6) is 0.891. The van der Waals surface area contributed by atoms with Crippen LogP contribution in [0.1, 0.15) is 18.4 Å². The smallest absolute Gasteiger partial charge is 0.222 e. The molecule has 5 heteroatoms. The molecule has 0 fully saturated rings. The van der Waals surface area contributed by atoms with Crippen molar-refractivity contribution in [3.05, 3.63) is 28.2 Å². The summed E-state index contributed by atoms with van der Waals surface area (Å²) in [6.45, 7) is 0.691. The lowest BCUT2D eigenvalue weighted by Gasteiger charge is -2.18. The van der Waals surface area contributed by atoms with Crippen LogP contribution in [0.25, 0.3) is 0 Å². The molecule has 0 aliphatic rings. The number of nitrogens with zero attached hydrogens (tertiary/aromatic N) is 1. The molecule has 0 bridgehead atoms. The summed E-state index contributed by atoms with van der Waals surface area (Å²) in [6.07, 6.45) is 1.65. The molecule has 0 heterocycles. The van der Waals surface area contributed by atoms with Crippen LogP contribution >= 0.6 is 15.9 Å². The summed E-state index contributed by atoms with van der Waals surface area (Å²) in [4.78, 5) is 13.4. The first-order valence-electron chi connectivity index (χ1n) is 6.25. The Morgan fingerprint density at radius 1 is 1.47 bits per heavy atom.